The second-order valence-electron chi connectivity index (χ2n) is 7.46. The van der Waals surface area contributed by atoms with E-state index in [2.05, 4.69) is 16.5 Å². The van der Waals surface area contributed by atoms with Crippen LogP contribution in [-0.4, -0.2) is 21.3 Å². The van der Waals surface area contributed by atoms with Gasteiger partial charge in [-0.2, -0.15) is 0 Å². The van der Waals surface area contributed by atoms with E-state index in [1.54, 1.807) is 0 Å². The van der Waals surface area contributed by atoms with Crippen molar-refractivity contribution in [2.45, 2.75) is 116 Å². The summed E-state index contributed by atoms with van der Waals surface area (Å²) in [5, 5.41) is 9.02. The number of imidazole rings is 1. The fourth-order valence-corrected chi connectivity index (χ4v) is 3.53. The van der Waals surface area contributed by atoms with Crippen molar-refractivity contribution in [1.82, 2.24) is 9.55 Å². The molecular weight excluding hydrogens is 308 g/mol. The summed E-state index contributed by atoms with van der Waals surface area (Å²) in [4.78, 5) is 4.39. The van der Waals surface area contributed by atoms with Crippen molar-refractivity contribution >= 4 is 0 Å². The maximum Gasteiger partial charge on any atom is 0.108 e. The summed E-state index contributed by atoms with van der Waals surface area (Å²) in [5.41, 5.74) is 0. The molecular formula is C22H42N2O. The van der Waals surface area contributed by atoms with Crippen molar-refractivity contribution in [3.8, 4) is 0 Å². The lowest BCUT2D eigenvalue weighted by molar-refractivity contribution is 0.274. The number of hydrogen-bond acceptors (Lipinski definition) is 2. The van der Waals surface area contributed by atoms with Gasteiger partial charge >= 0.3 is 0 Å². The summed E-state index contributed by atoms with van der Waals surface area (Å²) in [7, 11) is 0. The van der Waals surface area contributed by atoms with Gasteiger partial charge in [0, 0.05) is 25.4 Å². The van der Waals surface area contributed by atoms with Crippen molar-refractivity contribution < 1.29 is 5.11 Å². The minimum Gasteiger partial charge on any atom is -0.395 e. The number of aliphatic hydroxyl groups excluding tert-OH is 1. The molecule has 0 bridgehead atoms. The number of rotatable bonds is 18. The van der Waals surface area contributed by atoms with Crippen molar-refractivity contribution in [2.24, 2.45) is 0 Å². The molecule has 1 heterocycles. The lowest BCUT2D eigenvalue weighted by Crippen LogP contribution is -2.06. The lowest BCUT2D eigenvalue weighted by Gasteiger charge is -2.06. The van der Waals surface area contributed by atoms with Crippen LogP contribution < -0.4 is 0 Å². The van der Waals surface area contributed by atoms with E-state index in [1.807, 2.05) is 12.4 Å². The third kappa shape index (κ3) is 12.2. The SMILES string of the molecule is CCCCCCCCCCCCCCCCCc1nccn1CCO. The molecule has 1 aromatic heterocycles. The topological polar surface area (TPSA) is 38.0 Å². The van der Waals surface area contributed by atoms with Crippen molar-refractivity contribution in [2.75, 3.05) is 6.61 Å². The average molecular weight is 351 g/mol. The molecule has 0 saturated carbocycles. The van der Waals surface area contributed by atoms with Crippen LogP contribution in [-0.2, 0) is 13.0 Å². The first-order valence-corrected chi connectivity index (χ1v) is 11.0. The molecule has 0 saturated heterocycles. The zero-order chi connectivity index (χ0) is 18.0. The van der Waals surface area contributed by atoms with Crippen molar-refractivity contribution in [3.63, 3.8) is 0 Å². The zero-order valence-corrected chi connectivity index (χ0v) is 16.7. The molecule has 0 aliphatic heterocycles. The molecule has 0 unspecified atom stereocenters. The quantitative estimate of drug-likeness (QED) is 0.316. The molecule has 0 fully saturated rings. The Bertz CT molecular complexity index is 389. The molecule has 0 aliphatic carbocycles. The summed E-state index contributed by atoms with van der Waals surface area (Å²) in [6.45, 7) is 3.16. The van der Waals surface area contributed by atoms with Gasteiger partial charge < -0.3 is 9.67 Å². The van der Waals surface area contributed by atoms with Gasteiger partial charge in [0.1, 0.15) is 5.82 Å². The van der Waals surface area contributed by atoms with Gasteiger partial charge in [-0.15, -0.1) is 0 Å². The van der Waals surface area contributed by atoms with Crippen LogP contribution in [0.1, 0.15) is 109 Å². The first-order valence-electron chi connectivity index (χ1n) is 11.0. The van der Waals surface area contributed by atoms with E-state index < -0.39 is 0 Å². The van der Waals surface area contributed by atoms with Gasteiger partial charge in [-0.1, -0.05) is 96.8 Å². The van der Waals surface area contributed by atoms with Crippen LogP contribution >= 0.6 is 0 Å². The van der Waals surface area contributed by atoms with Crippen LogP contribution in [0.5, 0.6) is 0 Å². The first-order chi connectivity index (χ1) is 12.4. The first kappa shape index (κ1) is 22.2. The fraction of sp³-hybridized carbons (Fsp3) is 0.864. The maximum atomic E-state index is 9.02. The van der Waals surface area contributed by atoms with Crippen LogP contribution in [0.15, 0.2) is 12.4 Å². The average Bonchev–Trinajstić information content (AvgIpc) is 3.06. The Morgan fingerprint density at radius 2 is 1.24 bits per heavy atom. The molecule has 0 atom stereocenters. The highest BCUT2D eigenvalue weighted by Gasteiger charge is 2.01. The Morgan fingerprint density at radius 3 is 1.72 bits per heavy atom. The van der Waals surface area contributed by atoms with E-state index in [4.69, 9.17) is 5.11 Å². The highest BCUT2D eigenvalue weighted by atomic mass is 16.3. The largest absolute Gasteiger partial charge is 0.395 e. The summed E-state index contributed by atoms with van der Waals surface area (Å²) in [5.74, 6) is 1.13. The van der Waals surface area contributed by atoms with Gasteiger partial charge in [-0.25, -0.2) is 4.98 Å². The number of aromatic nitrogens is 2. The Balaban J connectivity index is 1.79. The second-order valence-corrected chi connectivity index (χ2v) is 7.46. The fourth-order valence-electron chi connectivity index (χ4n) is 3.53. The molecule has 0 aliphatic rings. The summed E-state index contributed by atoms with van der Waals surface area (Å²) in [6.07, 6.45) is 25.9. The molecule has 0 aromatic carbocycles. The third-order valence-electron chi connectivity index (χ3n) is 5.15. The maximum absolute atomic E-state index is 9.02. The molecule has 1 N–H and O–H groups in total. The minimum absolute atomic E-state index is 0.197. The van der Waals surface area contributed by atoms with Gasteiger partial charge in [0.15, 0.2) is 0 Å². The third-order valence-corrected chi connectivity index (χ3v) is 5.15. The molecule has 25 heavy (non-hydrogen) atoms. The number of unbranched alkanes of at least 4 members (excludes halogenated alkanes) is 14. The minimum atomic E-state index is 0.197. The van der Waals surface area contributed by atoms with Crippen LogP contribution in [0.2, 0.25) is 0 Å². The molecule has 3 heteroatoms. The molecule has 0 amide bonds. The highest BCUT2D eigenvalue weighted by Crippen LogP contribution is 2.14. The highest BCUT2D eigenvalue weighted by molar-refractivity contribution is 4.92. The summed E-state index contributed by atoms with van der Waals surface area (Å²) < 4.78 is 2.07. The second kappa shape index (κ2) is 16.6. The van der Waals surface area contributed by atoms with Crippen LogP contribution in [0.25, 0.3) is 0 Å². The molecule has 3 nitrogen and oxygen atoms in total. The smallest absolute Gasteiger partial charge is 0.108 e. The number of aryl methyl sites for hydroxylation is 1. The Hall–Kier alpha value is -0.830. The van der Waals surface area contributed by atoms with Crippen LogP contribution in [0.3, 0.4) is 0 Å². The van der Waals surface area contributed by atoms with Crippen LogP contribution in [0, 0.1) is 0 Å². The normalized spacial score (nSPS) is 11.3. The zero-order valence-electron chi connectivity index (χ0n) is 16.7. The van der Waals surface area contributed by atoms with Crippen LogP contribution in [0.4, 0.5) is 0 Å². The number of hydrogen-bond donors (Lipinski definition) is 1. The predicted octanol–water partition coefficient (Wildman–Crippen LogP) is 6.29. The Morgan fingerprint density at radius 1 is 0.760 bits per heavy atom. The van der Waals surface area contributed by atoms with Crippen molar-refractivity contribution in [1.29, 1.82) is 0 Å². The summed E-state index contributed by atoms with van der Waals surface area (Å²) >= 11 is 0. The molecule has 0 spiro atoms. The Kier molecular flexibility index (Phi) is 14.8. The van der Waals surface area contributed by atoms with Gasteiger partial charge in [-0.3, -0.25) is 0 Å². The predicted molar refractivity (Wildman–Crippen MR) is 108 cm³/mol. The van der Waals surface area contributed by atoms with Gasteiger partial charge in [0.2, 0.25) is 0 Å². The number of nitrogens with zero attached hydrogens (tertiary/aromatic N) is 2. The van der Waals surface area contributed by atoms with Crippen molar-refractivity contribution in [3.05, 3.63) is 18.2 Å². The monoisotopic (exact) mass is 350 g/mol. The standard InChI is InChI=1S/C22H42N2O/c1-2-3-4-5-6-7-8-9-10-11-12-13-14-15-16-17-22-23-18-19-24(22)20-21-25/h18-19,25H,2-17,20-21H2,1H3. The van der Waals surface area contributed by atoms with E-state index in [0.717, 1.165) is 12.2 Å². The Labute approximate surface area is 156 Å². The molecule has 1 rings (SSSR count). The molecule has 1 aromatic rings. The van der Waals surface area contributed by atoms with Gasteiger partial charge in [-0.05, 0) is 6.42 Å². The lowest BCUT2D eigenvalue weighted by atomic mass is 10.0. The molecule has 146 valence electrons. The number of aliphatic hydroxyl groups is 1. The van der Waals surface area contributed by atoms with E-state index in [-0.39, 0.29) is 6.61 Å². The van der Waals surface area contributed by atoms with E-state index in [0.29, 0.717) is 6.54 Å². The van der Waals surface area contributed by atoms with E-state index in [9.17, 15) is 0 Å². The van der Waals surface area contributed by atoms with Gasteiger partial charge in [0.05, 0.1) is 6.61 Å². The van der Waals surface area contributed by atoms with Gasteiger partial charge in [0.25, 0.3) is 0 Å². The van der Waals surface area contributed by atoms with E-state index in [1.165, 1.54) is 96.3 Å². The molecule has 0 radical (unpaired) electrons. The summed E-state index contributed by atoms with van der Waals surface area (Å²) in [6, 6.07) is 0. The van der Waals surface area contributed by atoms with E-state index >= 15 is 0 Å².